The molecule has 1 aliphatic heterocycles. The first-order chi connectivity index (χ1) is 23.1. The van der Waals surface area contributed by atoms with Crippen molar-refractivity contribution >= 4 is 52.3 Å². The molecule has 4 nitrogen and oxygen atoms in total. The van der Waals surface area contributed by atoms with E-state index in [9.17, 15) is 0 Å². The van der Waals surface area contributed by atoms with Crippen LogP contribution in [0.25, 0.3) is 38.5 Å². The third-order valence-corrected chi connectivity index (χ3v) is 10.0. The fourth-order valence-corrected chi connectivity index (χ4v) is 6.62. The van der Waals surface area contributed by atoms with Crippen molar-refractivity contribution in [3.8, 4) is 11.3 Å². The van der Waals surface area contributed by atoms with Gasteiger partial charge in [-0.3, -0.25) is 0 Å². The second kappa shape index (κ2) is 13.1. The van der Waals surface area contributed by atoms with Gasteiger partial charge < -0.3 is 19.6 Å². The van der Waals surface area contributed by atoms with Crippen LogP contribution in [0.5, 0.6) is 0 Å². The van der Waals surface area contributed by atoms with E-state index in [4.69, 9.17) is 13.8 Å². The van der Waals surface area contributed by atoms with Gasteiger partial charge in [-0.15, -0.1) is 47.1 Å². The summed E-state index contributed by atoms with van der Waals surface area (Å²) in [6, 6.07) is 46.3. The molecule has 0 saturated carbocycles. The van der Waals surface area contributed by atoms with Gasteiger partial charge >= 0.3 is 20.1 Å². The molecule has 6 heteroatoms. The summed E-state index contributed by atoms with van der Waals surface area (Å²) in [5.74, 6) is 0. The largest absolute Gasteiger partial charge is 3.00 e. The summed E-state index contributed by atoms with van der Waals surface area (Å²) in [5.41, 5.74) is 7.92. The molecule has 0 saturated heterocycles. The Hall–Kier alpha value is -4.48. The molecule has 0 N–H and O–H groups in total. The van der Waals surface area contributed by atoms with E-state index in [1.807, 2.05) is 48.7 Å². The zero-order chi connectivity index (χ0) is 33.5. The van der Waals surface area contributed by atoms with E-state index in [2.05, 4.69) is 102 Å². The maximum Gasteiger partial charge on any atom is 3.00 e. The van der Waals surface area contributed by atoms with Crippen LogP contribution in [0.4, 0.5) is 17.1 Å². The van der Waals surface area contributed by atoms with Crippen LogP contribution in [0.15, 0.2) is 132 Å². The van der Waals surface area contributed by atoms with E-state index in [-0.39, 0.29) is 26.3 Å². The molecule has 0 amide bonds. The Kier molecular flexibility index (Phi) is 7.91. The third kappa shape index (κ3) is 6.29. The van der Waals surface area contributed by atoms with Gasteiger partial charge in [0, 0.05) is 27.3 Å². The summed E-state index contributed by atoms with van der Waals surface area (Å²) in [7, 11) is -1.34. The minimum atomic E-state index is -2.08. The molecule has 5 aromatic carbocycles. The Morgan fingerprint density at radius 3 is 2.33 bits per heavy atom. The Labute approximate surface area is 289 Å². The van der Waals surface area contributed by atoms with Crippen molar-refractivity contribution in [2.75, 3.05) is 4.90 Å². The molecule has 228 valence electrons. The van der Waals surface area contributed by atoms with Crippen LogP contribution in [0.2, 0.25) is 19.6 Å². The molecular formula is C40H34IrN3OSi. The summed E-state index contributed by atoms with van der Waals surface area (Å²) in [6.07, 6.45) is 1.75. The molecule has 0 bridgehead atoms. The van der Waals surface area contributed by atoms with Crippen molar-refractivity contribution in [2.45, 2.75) is 32.7 Å². The first-order valence-electron chi connectivity index (χ1n) is 16.5. The molecule has 1 aliphatic rings. The van der Waals surface area contributed by atoms with Crippen LogP contribution >= 0.6 is 0 Å². The van der Waals surface area contributed by atoms with Crippen molar-refractivity contribution < 1.29 is 28.6 Å². The van der Waals surface area contributed by atoms with Gasteiger partial charge in [-0.05, 0) is 46.7 Å². The number of furan rings is 1. The normalized spacial score (nSPS) is 15.1. The van der Waals surface area contributed by atoms with Crippen LogP contribution in [0.1, 0.15) is 21.4 Å². The molecule has 7 aromatic rings. The molecule has 0 fully saturated rings. The summed E-state index contributed by atoms with van der Waals surface area (Å²) >= 11 is 0. The van der Waals surface area contributed by atoms with Gasteiger partial charge in [-0.25, -0.2) is 0 Å². The molecule has 46 heavy (non-hydrogen) atoms. The number of aromatic nitrogens is 1. The Bertz CT molecular complexity index is 2140. The van der Waals surface area contributed by atoms with Crippen molar-refractivity contribution in [1.82, 2.24) is 4.98 Å². The van der Waals surface area contributed by atoms with E-state index in [1.165, 1.54) is 11.3 Å². The number of aryl methyl sites for hydroxylation is 1. The van der Waals surface area contributed by atoms with E-state index in [0.717, 1.165) is 55.8 Å². The third-order valence-electron chi connectivity index (χ3n) is 8.01. The number of anilines is 2. The summed E-state index contributed by atoms with van der Waals surface area (Å²) in [4.78, 5) is 6.73. The number of nitrogens with zero attached hydrogens (tertiary/aromatic N) is 3. The molecular weight excluding hydrogens is 759 g/mol. The number of rotatable bonds is 4. The summed E-state index contributed by atoms with van der Waals surface area (Å²) in [6.45, 7) is 4.76. The van der Waals surface area contributed by atoms with E-state index >= 15 is 0 Å². The quantitative estimate of drug-likeness (QED) is 0.132. The van der Waals surface area contributed by atoms with Gasteiger partial charge in [0.25, 0.3) is 0 Å². The van der Waals surface area contributed by atoms with Crippen molar-refractivity contribution in [3.05, 3.63) is 156 Å². The minimum Gasteiger partial charge on any atom is -0.661 e. The molecule has 1 unspecified atom stereocenters. The molecule has 2 aromatic heterocycles. The second-order valence-electron chi connectivity index (χ2n) is 12.1. The van der Waals surface area contributed by atoms with Crippen LogP contribution in [-0.4, -0.2) is 13.1 Å². The SMILES string of the molecule is [2H]C([2H])([2H])c1c[c-]c(-c2ccc([Si](C)(C)C)cn2)cc1.[Ir+3].[c-]1cc2c(cc1C1[N-]c3ccccc3N1c1ccccc1)oc1ccccc12. The van der Waals surface area contributed by atoms with Gasteiger partial charge in [0.1, 0.15) is 5.58 Å². The van der Waals surface area contributed by atoms with Crippen LogP contribution in [-0.2, 0) is 20.1 Å². The number of fused-ring (bicyclic) bond motifs is 4. The van der Waals surface area contributed by atoms with Gasteiger partial charge in [-0.1, -0.05) is 98.6 Å². The molecule has 3 heterocycles. The van der Waals surface area contributed by atoms with E-state index in [1.54, 1.807) is 12.1 Å². The van der Waals surface area contributed by atoms with Crippen molar-refractivity contribution in [1.29, 1.82) is 0 Å². The summed E-state index contributed by atoms with van der Waals surface area (Å²) < 4.78 is 28.1. The number of hydrogen-bond donors (Lipinski definition) is 0. The fraction of sp³-hybridized carbons (Fsp3) is 0.125. The molecule has 0 radical (unpaired) electrons. The first-order valence-corrected chi connectivity index (χ1v) is 18.5. The smallest absolute Gasteiger partial charge is 0.661 e. The second-order valence-corrected chi connectivity index (χ2v) is 17.2. The molecule has 0 aliphatic carbocycles. The maximum absolute atomic E-state index is 7.35. The van der Waals surface area contributed by atoms with Crippen molar-refractivity contribution in [3.63, 3.8) is 0 Å². The Morgan fingerprint density at radius 2 is 1.59 bits per heavy atom. The Balaban J connectivity index is 0.000000177. The fourth-order valence-electron chi connectivity index (χ4n) is 5.58. The molecule has 0 spiro atoms. The van der Waals surface area contributed by atoms with Crippen LogP contribution in [0, 0.1) is 19.0 Å². The predicted octanol–water partition coefficient (Wildman–Crippen LogP) is 10.6. The Morgan fingerprint density at radius 1 is 0.804 bits per heavy atom. The van der Waals surface area contributed by atoms with Crippen LogP contribution < -0.4 is 10.1 Å². The molecule has 8 rings (SSSR count). The standard InChI is InChI=1S/C25H16N2O.C15H18NSi.Ir/c1-2-8-18(9-3-1)27-22-12-6-5-11-21(22)26-25(27)17-14-15-20-19-10-4-7-13-23(19)28-24(20)16-17;1-12-5-7-13(8-6-12)15-10-9-14(11-16-15)17(2,3)4;/h1-13,15-16,25H;5-7,9-11H,1-4H3;/q-2;-1;+3/i;1D3;. The number of benzene rings is 5. The van der Waals surface area contributed by atoms with Crippen LogP contribution in [0.3, 0.4) is 0 Å². The topological polar surface area (TPSA) is 43.4 Å². The first kappa shape index (κ1) is 27.8. The maximum atomic E-state index is 7.35. The zero-order valence-corrected chi connectivity index (χ0v) is 29.2. The monoisotopic (exact) mass is 796 g/mol. The van der Waals surface area contributed by atoms with Gasteiger partial charge in [0.2, 0.25) is 0 Å². The number of para-hydroxylation sites is 4. The predicted molar refractivity (Wildman–Crippen MR) is 190 cm³/mol. The molecule has 1 atom stereocenters. The van der Waals surface area contributed by atoms with E-state index < -0.39 is 14.9 Å². The van der Waals surface area contributed by atoms with Gasteiger partial charge in [0.15, 0.2) is 0 Å². The number of pyridine rings is 1. The minimum absolute atomic E-state index is 0. The van der Waals surface area contributed by atoms with Gasteiger partial charge in [-0.2, -0.15) is 17.7 Å². The average Bonchev–Trinajstić information content (AvgIpc) is 3.67. The van der Waals surface area contributed by atoms with Crippen molar-refractivity contribution in [2.24, 2.45) is 0 Å². The number of hydrogen-bond acceptors (Lipinski definition) is 3. The van der Waals surface area contributed by atoms with E-state index in [0.29, 0.717) is 5.56 Å². The zero-order valence-electron chi connectivity index (χ0n) is 28.8. The average molecular weight is 796 g/mol. The summed E-state index contributed by atoms with van der Waals surface area (Å²) in [5, 5.41) is 8.50. The van der Waals surface area contributed by atoms with Gasteiger partial charge in [0.05, 0.1) is 8.07 Å².